The maximum Gasteiger partial charge on any atom is 0.418 e. The van der Waals surface area contributed by atoms with Gasteiger partial charge in [-0.3, -0.25) is 0 Å². The minimum Gasteiger partial charge on any atom is -0.337 e. The first-order valence-corrected chi connectivity index (χ1v) is 9.54. The van der Waals surface area contributed by atoms with Crippen molar-refractivity contribution in [1.29, 1.82) is 0 Å². The molecule has 6 nitrogen and oxygen atoms in total. The zero-order valence-corrected chi connectivity index (χ0v) is 16.2. The average Bonchev–Trinajstić information content (AvgIpc) is 3.37. The van der Waals surface area contributed by atoms with Crippen molar-refractivity contribution in [3.8, 4) is 11.4 Å². The highest BCUT2D eigenvalue weighted by molar-refractivity contribution is 6.30. The number of benzene rings is 2. The number of amides is 2. The lowest BCUT2D eigenvalue weighted by Gasteiger charge is -2.23. The molecule has 0 spiro atoms. The van der Waals surface area contributed by atoms with Crippen molar-refractivity contribution in [2.45, 2.75) is 25.1 Å². The summed E-state index contributed by atoms with van der Waals surface area (Å²) in [6, 6.07) is 10.5. The molecule has 2 aromatic carbocycles. The maximum absolute atomic E-state index is 13.2. The van der Waals surface area contributed by atoms with Crippen molar-refractivity contribution >= 4 is 23.3 Å². The van der Waals surface area contributed by atoms with Gasteiger partial charge in [-0.25, -0.2) is 4.79 Å². The van der Waals surface area contributed by atoms with Crippen molar-refractivity contribution in [1.82, 2.24) is 15.0 Å². The molecule has 1 unspecified atom stereocenters. The van der Waals surface area contributed by atoms with Gasteiger partial charge in [0.15, 0.2) is 0 Å². The van der Waals surface area contributed by atoms with Crippen LogP contribution in [0, 0.1) is 0 Å². The van der Waals surface area contributed by atoms with Gasteiger partial charge >= 0.3 is 12.2 Å². The molecule has 4 rings (SSSR count). The van der Waals surface area contributed by atoms with Crippen LogP contribution in [0.4, 0.5) is 23.7 Å². The van der Waals surface area contributed by atoms with Crippen molar-refractivity contribution in [3.63, 3.8) is 0 Å². The van der Waals surface area contributed by atoms with E-state index >= 15 is 0 Å². The maximum atomic E-state index is 13.2. The van der Waals surface area contributed by atoms with Crippen LogP contribution in [0.2, 0.25) is 5.02 Å². The van der Waals surface area contributed by atoms with Crippen LogP contribution < -0.4 is 5.32 Å². The Morgan fingerprint density at radius 1 is 1.17 bits per heavy atom. The van der Waals surface area contributed by atoms with Crippen LogP contribution in [0.3, 0.4) is 0 Å². The van der Waals surface area contributed by atoms with Crippen LogP contribution in [0.25, 0.3) is 11.4 Å². The van der Waals surface area contributed by atoms with Crippen molar-refractivity contribution < 1.29 is 22.5 Å². The van der Waals surface area contributed by atoms with E-state index in [0.717, 1.165) is 6.07 Å². The van der Waals surface area contributed by atoms with E-state index in [9.17, 15) is 18.0 Å². The Balaban J connectivity index is 1.53. The fourth-order valence-corrected chi connectivity index (χ4v) is 3.51. The van der Waals surface area contributed by atoms with Gasteiger partial charge in [-0.05, 0) is 49.2 Å². The zero-order chi connectivity index (χ0) is 21.3. The number of halogens is 4. The fraction of sp³-hybridized carbons (Fsp3) is 0.250. The number of likely N-dealkylation sites (tertiary alicyclic amines) is 1. The van der Waals surface area contributed by atoms with Gasteiger partial charge in [0.25, 0.3) is 0 Å². The number of urea groups is 1. The molecule has 156 valence electrons. The van der Waals surface area contributed by atoms with Crippen LogP contribution >= 0.6 is 11.6 Å². The third-order valence-electron chi connectivity index (χ3n) is 4.82. The predicted octanol–water partition coefficient (Wildman–Crippen LogP) is 5.78. The highest BCUT2D eigenvalue weighted by Gasteiger charge is 2.37. The van der Waals surface area contributed by atoms with Gasteiger partial charge in [0.1, 0.15) is 6.04 Å². The van der Waals surface area contributed by atoms with E-state index in [0.29, 0.717) is 35.8 Å². The van der Waals surface area contributed by atoms with E-state index in [1.54, 1.807) is 24.3 Å². The van der Waals surface area contributed by atoms with Gasteiger partial charge in [-0.15, -0.1) is 0 Å². The van der Waals surface area contributed by atoms with Crippen LogP contribution in [0.1, 0.15) is 30.3 Å². The standard InChI is InChI=1S/C20H16ClF3N4O2/c21-13-9-7-12(8-10-13)17-26-18(30-27-17)16-6-3-11-28(16)19(29)25-15-5-2-1-4-14(15)20(22,23)24/h1-2,4-5,7-10,16H,3,6,11H2,(H,25,29). The first-order chi connectivity index (χ1) is 14.3. The number of nitrogens with zero attached hydrogens (tertiary/aromatic N) is 3. The fourth-order valence-electron chi connectivity index (χ4n) is 3.38. The molecule has 0 saturated carbocycles. The first kappa shape index (κ1) is 20.2. The highest BCUT2D eigenvalue weighted by Crippen LogP contribution is 2.36. The van der Waals surface area contributed by atoms with E-state index in [4.69, 9.17) is 16.1 Å². The van der Waals surface area contributed by atoms with E-state index in [1.807, 2.05) is 0 Å². The van der Waals surface area contributed by atoms with Crippen molar-refractivity contribution in [2.24, 2.45) is 0 Å². The zero-order valence-electron chi connectivity index (χ0n) is 15.5. The number of carbonyl (C=O) groups is 1. The monoisotopic (exact) mass is 436 g/mol. The molecule has 2 amide bonds. The van der Waals surface area contributed by atoms with Crippen LogP contribution in [0.15, 0.2) is 53.1 Å². The number of nitrogens with one attached hydrogen (secondary N) is 1. The van der Waals surface area contributed by atoms with Gasteiger partial charge in [0, 0.05) is 17.1 Å². The molecule has 3 aromatic rings. The first-order valence-electron chi connectivity index (χ1n) is 9.16. The number of alkyl halides is 3. The molecule has 1 N–H and O–H groups in total. The summed E-state index contributed by atoms with van der Waals surface area (Å²) >= 11 is 5.88. The number of hydrogen-bond donors (Lipinski definition) is 1. The number of para-hydroxylation sites is 1. The molecular weight excluding hydrogens is 421 g/mol. The molecule has 0 aliphatic carbocycles. The van der Waals surface area contributed by atoms with E-state index in [2.05, 4.69) is 15.5 Å². The third kappa shape index (κ3) is 4.11. The Hall–Kier alpha value is -3.07. The Morgan fingerprint density at radius 2 is 1.90 bits per heavy atom. The van der Waals surface area contributed by atoms with Gasteiger partial charge in [0.05, 0.1) is 11.3 Å². The van der Waals surface area contributed by atoms with E-state index < -0.39 is 23.8 Å². The van der Waals surface area contributed by atoms with Crippen molar-refractivity contribution in [2.75, 3.05) is 11.9 Å². The lowest BCUT2D eigenvalue weighted by molar-refractivity contribution is -0.136. The molecule has 2 heterocycles. The number of anilines is 1. The Kier molecular flexibility index (Phi) is 5.38. The molecule has 1 atom stereocenters. The number of carbonyl (C=O) groups excluding carboxylic acids is 1. The quantitative estimate of drug-likeness (QED) is 0.565. The molecule has 0 bridgehead atoms. The second-order valence-electron chi connectivity index (χ2n) is 6.79. The predicted molar refractivity (Wildman–Crippen MR) is 104 cm³/mol. The summed E-state index contributed by atoms with van der Waals surface area (Å²) in [5, 5.41) is 6.88. The minimum absolute atomic E-state index is 0.233. The SMILES string of the molecule is O=C(Nc1ccccc1C(F)(F)F)N1CCCC1c1nc(-c2ccc(Cl)cc2)no1. The molecule has 10 heteroatoms. The summed E-state index contributed by atoms with van der Waals surface area (Å²) in [5.74, 6) is 0.577. The van der Waals surface area contributed by atoms with E-state index in [1.165, 1.54) is 23.1 Å². The number of rotatable bonds is 3. The highest BCUT2D eigenvalue weighted by atomic mass is 35.5. The summed E-state index contributed by atoms with van der Waals surface area (Å²) in [6.07, 6.45) is -3.34. The van der Waals surface area contributed by atoms with Crippen molar-refractivity contribution in [3.05, 3.63) is 65.0 Å². The number of hydrogen-bond acceptors (Lipinski definition) is 4. The molecule has 1 aliphatic rings. The van der Waals surface area contributed by atoms with Gasteiger partial charge < -0.3 is 14.7 Å². The summed E-state index contributed by atoms with van der Waals surface area (Å²) in [5.41, 5.74) is -0.507. The minimum atomic E-state index is -4.58. The summed E-state index contributed by atoms with van der Waals surface area (Å²) < 4.78 is 44.9. The second kappa shape index (κ2) is 7.98. The Morgan fingerprint density at radius 3 is 2.63 bits per heavy atom. The smallest absolute Gasteiger partial charge is 0.337 e. The lowest BCUT2D eigenvalue weighted by atomic mass is 10.1. The van der Waals surface area contributed by atoms with Gasteiger partial charge in [-0.1, -0.05) is 28.9 Å². The molecule has 1 aliphatic heterocycles. The summed E-state index contributed by atoms with van der Waals surface area (Å²) in [6.45, 7) is 0.364. The van der Waals surface area contributed by atoms with Gasteiger partial charge in [0.2, 0.25) is 11.7 Å². The normalized spacial score (nSPS) is 16.7. The van der Waals surface area contributed by atoms with Crippen LogP contribution in [-0.2, 0) is 6.18 Å². The summed E-state index contributed by atoms with van der Waals surface area (Å²) in [4.78, 5) is 18.5. The summed E-state index contributed by atoms with van der Waals surface area (Å²) in [7, 11) is 0. The van der Waals surface area contributed by atoms with E-state index in [-0.39, 0.29) is 11.6 Å². The number of aromatic nitrogens is 2. The Bertz CT molecular complexity index is 1050. The van der Waals surface area contributed by atoms with Crippen LogP contribution in [0.5, 0.6) is 0 Å². The lowest BCUT2D eigenvalue weighted by Crippen LogP contribution is -2.35. The molecule has 1 aromatic heterocycles. The topological polar surface area (TPSA) is 71.3 Å². The average molecular weight is 437 g/mol. The van der Waals surface area contributed by atoms with Crippen LogP contribution in [-0.4, -0.2) is 27.6 Å². The largest absolute Gasteiger partial charge is 0.418 e. The molecular formula is C20H16ClF3N4O2. The second-order valence-corrected chi connectivity index (χ2v) is 7.22. The Labute approximate surface area is 174 Å². The van der Waals surface area contributed by atoms with Gasteiger partial charge in [-0.2, -0.15) is 18.2 Å². The molecule has 30 heavy (non-hydrogen) atoms. The molecule has 1 saturated heterocycles. The molecule has 1 fully saturated rings. The molecule has 0 radical (unpaired) electrons. The third-order valence-corrected chi connectivity index (χ3v) is 5.07.